The van der Waals surface area contributed by atoms with Gasteiger partial charge in [-0.1, -0.05) is 12.1 Å². The summed E-state index contributed by atoms with van der Waals surface area (Å²) in [6, 6.07) is 4.75. The maximum absolute atomic E-state index is 12.6. The molecule has 0 aromatic heterocycles. The fourth-order valence-electron chi connectivity index (χ4n) is 1.31. The summed E-state index contributed by atoms with van der Waals surface area (Å²) in [5.74, 6) is -1.31. The van der Waals surface area contributed by atoms with Crippen LogP contribution < -0.4 is 0 Å². The topological polar surface area (TPSA) is 40.5 Å². The second-order valence-corrected chi connectivity index (χ2v) is 3.26. The predicted octanol–water partition coefficient (Wildman–Crippen LogP) is 1.51. The highest BCUT2D eigenvalue weighted by molar-refractivity contribution is 5.75. The van der Waals surface area contributed by atoms with Crippen molar-refractivity contribution in [2.75, 3.05) is 14.1 Å². The lowest BCUT2D eigenvalue weighted by Gasteiger charge is -2.20. The summed E-state index contributed by atoms with van der Waals surface area (Å²) in [5, 5.41) is 8.93. The van der Waals surface area contributed by atoms with Crippen molar-refractivity contribution in [2.45, 2.75) is 6.04 Å². The molecule has 0 aliphatic carbocycles. The van der Waals surface area contributed by atoms with Gasteiger partial charge in [0, 0.05) is 0 Å². The standard InChI is InChI=1S/C10H12FNO2/c1-12(2)9(10(13)14)7-3-5-8(11)6-4-7/h3-6,9H,1-2H3,(H,13,14)/t9-/m0/s1. The summed E-state index contributed by atoms with van der Waals surface area (Å²) in [6.07, 6.45) is 0. The molecule has 0 saturated carbocycles. The van der Waals surface area contributed by atoms with E-state index in [1.54, 1.807) is 19.0 Å². The number of carboxylic acid groups (broad SMARTS) is 1. The molecule has 0 bridgehead atoms. The van der Waals surface area contributed by atoms with Crippen molar-refractivity contribution < 1.29 is 14.3 Å². The first-order valence-electron chi connectivity index (χ1n) is 4.17. The first-order chi connectivity index (χ1) is 6.52. The highest BCUT2D eigenvalue weighted by Gasteiger charge is 2.21. The SMILES string of the molecule is CN(C)[C@H](C(=O)O)c1ccc(F)cc1. The van der Waals surface area contributed by atoms with Crippen LogP contribution >= 0.6 is 0 Å². The Morgan fingerprint density at radius 1 is 1.36 bits per heavy atom. The highest BCUT2D eigenvalue weighted by atomic mass is 19.1. The van der Waals surface area contributed by atoms with Crippen LogP contribution in [0.5, 0.6) is 0 Å². The molecule has 76 valence electrons. The Kier molecular flexibility index (Phi) is 3.19. The van der Waals surface area contributed by atoms with Crippen molar-refractivity contribution in [3.63, 3.8) is 0 Å². The van der Waals surface area contributed by atoms with Crippen LogP contribution in [-0.2, 0) is 4.79 Å². The number of hydrogen-bond donors (Lipinski definition) is 1. The third-order valence-corrected chi connectivity index (χ3v) is 1.94. The van der Waals surface area contributed by atoms with Gasteiger partial charge in [-0.2, -0.15) is 0 Å². The minimum Gasteiger partial charge on any atom is -0.480 e. The zero-order valence-electron chi connectivity index (χ0n) is 8.07. The highest BCUT2D eigenvalue weighted by Crippen LogP contribution is 2.18. The van der Waals surface area contributed by atoms with Gasteiger partial charge in [0.05, 0.1) is 0 Å². The lowest BCUT2D eigenvalue weighted by Crippen LogP contribution is -2.27. The molecule has 0 amide bonds. The summed E-state index contributed by atoms with van der Waals surface area (Å²) in [5.41, 5.74) is 0.573. The number of aliphatic carboxylic acids is 1. The Bertz CT molecular complexity index is 321. The molecule has 3 nitrogen and oxygen atoms in total. The van der Waals surface area contributed by atoms with Crippen LogP contribution in [0, 0.1) is 5.82 Å². The lowest BCUT2D eigenvalue weighted by atomic mass is 10.1. The molecule has 0 fully saturated rings. The predicted molar refractivity (Wildman–Crippen MR) is 50.5 cm³/mol. The summed E-state index contributed by atoms with van der Waals surface area (Å²) < 4.78 is 12.6. The molecule has 0 saturated heterocycles. The first-order valence-corrected chi connectivity index (χ1v) is 4.17. The van der Waals surface area contributed by atoms with Gasteiger partial charge in [-0.05, 0) is 31.8 Å². The fourth-order valence-corrected chi connectivity index (χ4v) is 1.31. The monoisotopic (exact) mass is 197 g/mol. The average Bonchev–Trinajstić information content (AvgIpc) is 2.07. The Morgan fingerprint density at radius 2 is 1.86 bits per heavy atom. The van der Waals surface area contributed by atoms with E-state index in [-0.39, 0.29) is 5.82 Å². The van der Waals surface area contributed by atoms with E-state index in [1.165, 1.54) is 24.3 Å². The Morgan fingerprint density at radius 3 is 2.21 bits per heavy atom. The largest absolute Gasteiger partial charge is 0.480 e. The zero-order valence-corrected chi connectivity index (χ0v) is 8.07. The molecule has 4 heteroatoms. The molecule has 1 aromatic rings. The van der Waals surface area contributed by atoms with E-state index < -0.39 is 12.0 Å². The molecule has 0 aliphatic heterocycles. The molecule has 1 N–H and O–H groups in total. The molecule has 1 aromatic carbocycles. The van der Waals surface area contributed by atoms with Crippen LogP contribution in [0.25, 0.3) is 0 Å². The minimum atomic E-state index is -0.943. The molecule has 1 atom stereocenters. The van der Waals surface area contributed by atoms with Gasteiger partial charge in [-0.15, -0.1) is 0 Å². The van der Waals surface area contributed by atoms with Crippen LogP contribution in [-0.4, -0.2) is 30.1 Å². The second-order valence-electron chi connectivity index (χ2n) is 3.26. The summed E-state index contributed by atoms with van der Waals surface area (Å²) in [4.78, 5) is 12.5. The number of hydrogen-bond acceptors (Lipinski definition) is 2. The van der Waals surface area contributed by atoms with Crippen LogP contribution in [0.4, 0.5) is 4.39 Å². The van der Waals surface area contributed by atoms with Gasteiger partial charge < -0.3 is 5.11 Å². The maximum Gasteiger partial charge on any atom is 0.325 e. The molecular weight excluding hydrogens is 185 g/mol. The van der Waals surface area contributed by atoms with Crippen LogP contribution in [0.2, 0.25) is 0 Å². The van der Waals surface area contributed by atoms with Crippen molar-refractivity contribution in [1.29, 1.82) is 0 Å². The van der Waals surface area contributed by atoms with E-state index in [2.05, 4.69) is 0 Å². The minimum absolute atomic E-state index is 0.364. The Balaban J connectivity index is 3.00. The van der Waals surface area contributed by atoms with Gasteiger partial charge in [0.25, 0.3) is 0 Å². The van der Waals surface area contributed by atoms with Crippen molar-refractivity contribution >= 4 is 5.97 Å². The number of rotatable bonds is 3. The Labute approximate surface area is 81.8 Å². The average molecular weight is 197 g/mol. The van der Waals surface area contributed by atoms with Gasteiger partial charge in [0.1, 0.15) is 11.9 Å². The quantitative estimate of drug-likeness (QED) is 0.798. The van der Waals surface area contributed by atoms with Crippen molar-refractivity contribution in [3.8, 4) is 0 Å². The van der Waals surface area contributed by atoms with Gasteiger partial charge in [0.15, 0.2) is 0 Å². The molecule has 14 heavy (non-hydrogen) atoms. The number of carboxylic acids is 1. The summed E-state index contributed by atoms with van der Waals surface area (Å²) >= 11 is 0. The van der Waals surface area contributed by atoms with E-state index >= 15 is 0 Å². The van der Waals surface area contributed by atoms with Crippen molar-refractivity contribution in [1.82, 2.24) is 4.90 Å². The van der Waals surface area contributed by atoms with E-state index in [9.17, 15) is 9.18 Å². The number of carbonyl (C=O) groups is 1. The molecular formula is C10H12FNO2. The summed E-state index contributed by atoms with van der Waals surface area (Å²) in [6.45, 7) is 0. The van der Waals surface area contributed by atoms with Gasteiger partial charge in [-0.3, -0.25) is 9.69 Å². The molecule has 0 radical (unpaired) electrons. The van der Waals surface area contributed by atoms with Crippen LogP contribution in [0.15, 0.2) is 24.3 Å². The normalized spacial score (nSPS) is 12.9. The smallest absolute Gasteiger partial charge is 0.325 e. The second kappa shape index (κ2) is 4.19. The van der Waals surface area contributed by atoms with Gasteiger partial charge in [-0.25, -0.2) is 4.39 Å². The zero-order chi connectivity index (χ0) is 10.7. The fraction of sp³-hybridized carbons (Fsp3) is 0.300. The first kappa shape index (κ1) is 10.7. The molecule has 1 rings (SSSR count). The van der Waals surface area contributed by atoms with Crippen molar-refractivity contribution in [3.05, 3.63) is 35.6 Å². The molecule has 0 heterocycles. The molecule has 0 unspecified atom stereocenters. The third-order valence-electron chi connectivity index (χ3n) is 1.94. The van der Waals surface area contributed by atoms with E-state index in [0.29, 0.717) is 5.56 Å². The number of benzene rings is 1. The van der Waals surface area contributed by atoms with Gasteiger partial charge >= 0.3 is 5.97 Å². The Hall–Kier alpha value is -1.42. The maximum atomic E-state index is 12.6. The molecule has 0 aliphatic rings. The number of halogens is 1. The summed E-state index contributed by atoms with van der Waals surface area (Å²) in [7, 11) is 3.34. The van der Waals surface area contributed by atoms with Crippen molar-refractivity contribution in [2.24, 2.45) is 0 Å². The van der Waals surface area contributed by atoms with Crippen LogP contribution in [0.3, 0.4) is 0 Å². The third kappa shape index (κ3) is 2.29. The van der Waals surface area contributed by atoms with E-state index in [4.69, 9.17) is 5.11 Å². The van der Waals surface area contributed by atoms with Crippen LogP contribution in [0.1, 0.15) is 11.6 Å². The van der Waals surface area contributed by atoms with E-state index in [1.807, 2.05) is 0 Å². The number of likely N-dealkylation sites (N-methyl/N-ethyl adjacent to an activating group) is 1. The number of nitrogens with zero attached hydrogens (tertiary/aromatic N) is 1. The molecule has 0 spiro atoms. The van der Waals surface area contributed by atoms with E-state index in [0.717, 1.165) is 0 Å². The van der Waals surface area contributed by atoms with Gasteiger partial charge in [0.2, 0.25) is 0 Å². The lowest BCUT2D eigenvalue weighted by molar-refractivity contribution is -0.142.